The highest BCUT2D eigenvalue weighted by atomic mass is 16.4. The Bertz CT molecular complexity index is 158. The monoisotopic (exact) mass is 142 g/mol. The third kappa shape index (κ3) is 0.964. The molecule has 0 N–H and O–H groups in total. The average molecular weight is 142 g/mol. The summed E-state index contributed by atoms with van der Waals surface area (Å²) >= 11 is 0. The maximum absolute atomic E-state index is 10.6. The summed E-state index contributed by atoms with van der Waals surface area (Å²) in [5.74, 6) is -1.35. The zero-order chi connectivity index (χ0) is 7.72. The van der Waals surface area contributed by atoms with Gasteiger partial charge in [0.2, 0.25) is 5.91 Å². The fraction of sp³-hybridized carbons (Fsp3) is 0.667. The van der Waals surface area contributed by atoms with Crippen molar-refractivity contribution < 1.29 is 14.7 Å². The van der Waals surface area contributed by atoms with Gasteiger partial charge in [0, 0.05) is 13.5 Å². The Labute approximate surface area is 58.4 Å². The minimum absolute atomic E-state index is 0.194. The standard InChI is InChI=1S/C6H9NO3/c1-4(8)7-3-2-5(7)6(9)10/h5H,2-3H2,1H3,(H,9,10)/p-1/t5-/m0/s1. The predicted molar refractivity (Wildman–Crippen MR) is 30.8 cm³/mol. The van der Waals surface area contributed by atoms with Gasteiger partial charge in [0.15, 0.2) is 0 Å². The molecule has 0 spiro atoms. The first kappa shape index (κ1) is 7.05. The quantitative estimate of drug-likeness (QED) is 0.441. The van der Waals surface area contributed by atoms with Crippen molar-refractivity contribution in [1.82, 2.24) is 4.90 Å². The molecule has 1 aliphatic rings. The van der Waals surface area contributed by atoms with E-state index in [1.807, 2.05) is 0 Å². The molecule has 0 saturated carbocycles. The molecule has 4 heteroatoms. The summed E-state index contributed by atoms with van der Waals surface area (Å²) < 4.78 is 0. The van der Waals surface area contributed by atoms with Crippen LogP contribution < -0.4 is 5.11 Å². The van der Waals surface area contributed by atoms with Crippen LogP contribution in [0.5, 0.6) is 0 Å². The van der Waals surface area contributed by atoms with Crippen molar-refractivity contribution in [1.29, 1.82) is 0 Å². The molecule has 10 heavy (non-hydrogen) atoms. The van der Waals surface area contributed by atoms with Crippen LogP contribution in [0.3, 0.4) is 0 Å². The minimum atomic E-state index is -1.15. The van der Waals surface area contributed by atoms with Crippen molar-refractivity contribution in [3.8, 4) is 0 Å². The number of amides is 1. The molecule has 0 aromatic heterocycles. The lowest BCUT2D eigenvalue weighted by Crippen LogP contribution is -2.58. The molecule has 1 aliphatic heterocycles. The number of carboxylic acid groups (broad SMARTS) is 1. The first-order chi connectivity index (χ1) is 4.63. The largest absolute Gasteiger partial charge is 0.548 e. The van der Waals surface area contributed by atoms with Gasteiger partial charge in [-0.05, 0) is 6.42 Å². The van der Waals surface area contributed by atoms with Crippen molar-refractivity contribution in [2.75, 3.05) is 6.54 Å². The number of carbonyl (C=O) groups is 2. The Balaban J connectivity index is 2.51. The van der Waals surface area contributed by atoms with Gasteiger partial charge in [-0.2, -0.15) is 0 Å². The summed E-state index contributed by atoms with van der Waals surface area (Å²) in [6, 6.07) is -0.669. The lowest BCUT2D eigenvalue weighted by atomic mass is 10.0. The van der Waals surface area contributed by atoms with Gasteiger partial charge in [-0.3, -0.25) is 4.79 Å². The molecule has 1 fully saturated rings. The molecular weight excluding hydrogens is 134 g/mol. The number of likely N-dealkylation sites (tertiary alicyclic amines) is 1. The van der Waals surface area contributed by atoms with Gasteiger partial charge in [-0.1, -0.05) is 0 Å². The topological polar surface area (TPSA) is 60.4 Å². The van der Waals surface area contributed by atoms with Gasteiger partial charge < -0.3 is 14.8 Å². The van der Waals surface area contributed by atoms with E-state index in [0.717, 1.165) is 0 Å². The predicted octanol–water partition coefficient (Wildman–Crippen LogP) is -1.64. The van der Waals surface area contributed by atoms with Gasteiger partial charge in [-0.25, -0.2) is 0 Å². The molecule has 4 nitrogen and oxygen atoms in total. The summed E-state index contributed by atoms with van der Waals surface area (Å²) in [5.41, 5.74) is 0. The SMILES string of the molecule is CC(=O)N1CC[C@H]1C(=O)[O-]. The molecule has 1 atom stereocenters. The van der Waals surface area contributed by atoms with Gasteiger partial charge in [0.1, 0.15) is 0 Å². The highest BCUT2D eigenvalue weighted by Crippen LogP contribution is 2.15. The Morgan fingerprint density at radius 1 is 1.60 bits per heavy atom. The number of hydrogen-bond donors (Lipinski definition) is 0. The second-order valence-corrected chi connectivity index (χ2v) is 2.34. The maximum atomic E-state index is 10.6. The van der Waals surface area contributed by atoms with Crippen LogP contribution in [0.2, 0.25) is 0 Å². The van der Waals surface area contributed by atoms with Crippen molar-refractivity contribution in [3.63, 3.8) is 0 Å². The van der Waals surface area contributed by atoms with Crippen molar-refractivity contribution in [2.24, 2.45) is 0 Å². The van der Waals surface area contributed by atoms with Crippen LogP contribution >= 0.6 is 0 Å². The van der Waals surface area contributed by atoms with E-state index in [4.69, 9.17) is 0 Å². The molecule has 1 amide bonds. The third-order valence-electron chi connectivity index (χ3n) is 1.70. The molecule has 1 rings (SSSR count). The summed E-state index contributed by atoms with van der Waals surface area (Å²) in [6.45, 7) is 1.91. The van der Waals surface area contributed by atoms with Crippen molar-refractivity contribution >= 4 is 11.9 Å². The van der Waals surface area contributed by atoms with Crippen molar-refractivity contribution in [3.05, 3.63) is 0 Å². The summed E-state index contributed by atoms with van der Waals surface area (Å²) in [5, 5.41) is 10.2. The smallest absolute Gasteiger partial charge is 0.219 e. The van der Waals surface area contributed by atoms with E-state index < -0.39 is 12.0 Å². The van der Waals surface area contributed by atoms with E-state index in [2.05, 4.69) is 0 Å². The van der Waals surface area contributed by atoms with Crippen LogP contribution in [0.1, 0.15) is 13.3 Å². The van der Waals surface area contributed by atoms with E-state index in [1.165, 1.54) is 11.8 Å². The Kier molecular flexibility index (Phi) is 1.61. The summed E-state index contributed by atoms with van der Waals surface area (Å²) in [6.07, 6.45) is 0.530. The second-order valence-electron chi connectivity index (χ2n) is 2.34. The number of rotatable bonds is 1. The lowest BCUT2D eigenvalue weighted by Gasteiger charge is -2.40. The molecule has 1 saturated heterocycles. The molecule has 0 bridgehead atoms. The highest BCUT2D eigenvalue weighted by molar-refractivity contribution is 5.83. The first-order valence-corrected chi connectivity index (χ1v) is 3.11. The number of nitrogens with zero attached hydrogens (tertiary/aromatic N) is 1. The van der Waals surface area contributed by atoms with E-state index >= 15 is 0 Å². The van der Waals surface area contributed by atoms with Crippen LogP contribution in [0.25, 0.3) is 0 Å². The summed E-state index contributed by atoms with van der Waals surface area (Å²) in [4.78, 5) is 22.1. The molecule has 0 unspecified atom stereocenters. The Hall–Kier alpha value is -1.06. The van der Waals surface area contributed by atoms with Crippen LogP contribution in [0, 0.1) is 0 Å². The molecule has 1 heterocycles. The van der Waals surface area contributed by atoms with E-state index in [9.17, 15) is 14.7 Å². The Morgan fingerprint density at radius 2 is 2.20 bits per heavy atom. The first-order valence-electron chi connectivity index (χ1n) is 3.11. The lowest BCUT2D eigenvalue weighted by molar-refractivity contribution is -0.314. The fourth-order valence-corrected chi connectivity index (χ4v) is 1.01. The van der Waals surface area contributed by atoms with Crippen LogP contribution in [0.4, 0.5) is 0 Å². The van der Waals surface area contributed by atoms with Gasteiger partial charge in [0.25, 0.3) is 0 Å². The minimum Gasteiger partial charge on any atom is -0.548 e. The summed E-state index contributed by atoms with van der Waals surface area (Å²) in [7, 11) is 0. The number of carboxylic acids is 1. The number of hydrogen-bond acceptors (Lipinski definition) is 3. The third-order valence-corrected chi connectivity index (χ3v) is 1.70. The zero-order valence-corrected chi connectivity index (χ0v) is 5.66. The van der Waals surface area contributed by atoms with Crippen LogP contribution in [-0.4, -0.2) is 29.4 Å². The zero-order valence-electron chi connectivity index (χ0n) is 5.66. The van der Waals surface area contributed by atoms with E-state index in [-0.39, 0.29) is 5.91 Å². The highest BCUT2D eigenvalue weighted by Gasteiger charge is 2.30. The fourth-order valence-electron chi connectivity index (χ4n) is 1.01. The van der Waals surface area contributed by atoms with Gasteiger partial charge in [0.05, 0.1) is 12.0 Å². The molecular formula is C6H8NO3-. The van der Waals surface area contributed by atoms with E-state index in [1.54, 1.807) is 0 Å². The van der Waals surface area contributed by atoms with Gasteiger partial charge >= 0.3 is 0 Å². The normalized spacial score (nSPS) is 23.7. The van der Waals surface area contributed by atoms with Crippen LogP contribution in [-0.2, 0) is 9.59 Å². The second kappa shape index (κ2) is 2.28. The van der Waals surface area contributed by atoms with E-state index in [0.29, 0.717) is 13.0 Å². The molecule has 0 radical (unpaired) electrons. The molecule has 56 valence electrons. The molecule has 0 aliphatic carbocycles. The molecule has 0 aromatic rings. The average Bonchev–Trinajstić information content (AvgIpc) is 1.56. The van der Waals surface area contributed by atoms with Crippen molar-refractivity contribution in [2.45, 2.75) is 19.4 Å². The number of aliphatic carboxylic acids is 1. The maximum Gasteiger partial charge on any atom is 0.219 e. The number of carbonyl (C=O) groups excluding carboxylic acids is 2. The molecule has 0 aromatic carbocycles. The van der Waals surface area contributed by atoms with Crippen LogP contribution in [0.15, 0.2) is 0 Å². The van der Waals surface area contributed by atoms with Gasteiger partial charge in [-0.15, -0.1) is 0 Å². The Morgan fingerprint density at radius 3 is 2.30 bits per heavy atom.